The first-order valence-electron chi connectivity index (χ1n) is 8.15. The van der Waals surface area contributed by atoms with E-state index in [2.05, 4.69) is 11.9 Å². The number of phenolic OH excluding ortho intramolecular Hbond substituents is 1. The maximum Gasteiger partial charge on any atom is 0.166 e. The van der Waals surface area contributed by atoms with Crippen LogP contribution in [0.5, 0.6) is 11.5 Å². The largest absolute Gasteiger partial charge is 0.504 e. The third kappa shape index (κ3) is 0.961. The third-order valence-electron chi connectivity index (χ3n) is 7.15. The molecular weight excluding hydrogens is 281 g/mol. The van der Waals surface area contributed by atoms with Crippen molar-refractivity contribution in [3.8, 4) is 11.5 Å². The monoisotopic (exact) mass is 299 g/mol. The van der Waals surface area contributed by atoms with Crippen LogP contribution in [0.3, 0.4) is 0 Å². The number of likely N-dealkylation sites (N-methyl/N-ethyl adjacent to an activating group) is 1. The molecule has 5 aliphatic rings. The van der Waals surface area contributed by atoms with Crippen LogP contribution in [0.25, 0.3) is 0 Å². The van der Waals surface area contributed by atoms with Crippen molar-refractivity contribution in [1.82, 2.24) is 4.90 Å². The topological polar surface area (TPSA) is 32.7 Å². The van der Waals surface area contributed by atoms with Crippen molar-refractivity contribution in [2.75, 3.05) is 13.6 Å². The molecule has 1 saturated heterocycles. The Morgan fingerprint density at radius 3 is 3.14 bits per heavy atom. The summed E-state index contributed by atoms with van der Waals surface area (Å²) in [7, 11) is 2.21. The summed E-state index contributed by atoms with van der Waals surface area (Å²) in [6.45, 7) is 1.05. The van der Waals surface area contributed by atoms with E-state index in [1.165, 1.54) is 5.56 Å². The molecule has 1 N–H and O–H groups in total. The number of phenols is 1. The highest BCUT2D eigenvalue weighted by Crippen LogP contribution is 2.76. The van der Waals surface area contributed by atoms with Crippen molar-refractivity contribution in [3.63, 3.8) is 0 Å². The minimum Gasteiger partial charge on any atom is -0.504 e. The summed E-state index contributed by atoms with van der Waals surface area (Å²) < 4.78 is 20.8. The van der Waals surface area contributed by atoms with Gasteiger partial charge >= 0.3 is 0 Å². The van der Waals surface area contributed by atoms with Gasteiger partial charge in [-0.25, -0.2) is 4.39 Å². The van der Waals surface area contributed by atoms with E-state index in [1.807, 2.05) is 6.07 Å². The molecule has 2 fully saturated rings. The summed E-state index contributed by atoms with van der Waals surface area (Å²) in [6.07, 6.45) is 4.05. The Bertz CT molecular complexity index is 775. The second kappa shape index (κ2) is 3.21. The molecule has 2 bridgehead atoms. The molecule has 114 valence electrons. The lowest BCUT2D eigenvalue weighted by atomic mass is 9.39. The smallest absolute Gasteiger partial charge is 0.166 e. The molecule has 1 saturated carbocycles. The summed E-state index contributed by atoms with van der Waals surface area (Å²) in [5.74, 6) is 1.04. The molecule has 2 heterocycles. The number of halogens is 1. The van der Waals surface area contributed by atoms with E-state index >= 15 is 0 Å². The third-order valence-corrected chi connectivity index (χ3v) is 7.15. The molecule has 3 aliphatic carbocycles. The van der Waals surface area contributed by atoms with Crippen molar-refractivity contribution < 1.29 is 14.2 Å². The number of likely N-dealkylation sites (tertiary alicyclic amines) is 1. The first-order valence-corrected chi connectivity index (χ1v) is 8.15. The van der Waals surface area contributed by atoms with E-state index < -0.39 is 6.10 Å². The number of aromatic hydroxyl groups is 1. The average Bonchev–Trinajstić information content (AvgIpc) is 2.88. The molecule has 5 unspecified atom stereocenters. The van der Waals surface area contributed by atoms with Gasteiger partial charge in [0.1, 0.15) is 5.83 Å². The van der Waals surface area contributed by atoms with Gasteiger partial charge in [0.05, 0.1) is 0 Å². The van der Waals surface area contributed by atoms with Gasteiger partial charge in [-0.15, -0.1) is 0 Å². The Labute approximate surface area is 128 Å². The quantitative estimate of drug-likeness (QED) is 0.799. The number of hydrogen-bond donors (Lipinski definition) is 1. The van der Waals surface area contributed by atoms with E-state index in [4.69, 9.17) is 4.74 Å². The molecule has 2 spiro atoms. The molecule has 0 radical (unpaired) electrons. The van der Waals surface area contributed by atoms with Crippen LogP contribution in [-0.2, 0) is 11.8 Å². The highest BCUT2D eigenvalue weighted by Gasteiger charge is 2.78. The lowest BCUT2D eigenvalue weighted by molar-refractivity contribution is -0.0794. The SMILES string of the molecule is CN1CC23CC=C(F)C4Oc5c(O)ccc6c5C4(C2)C3C1C6. The summed E-state index contributed by atoms with van der Waals surface area (Å²) in [5, 5.41) is 10.2. The van der Waals surface area contributed by atoms with Gasteiger partial charge in [0.15, 0.2) is 17.6 Å². The first-order chi connectivity index (χ1) is 10.6. The molecule has 5 atom stereocenters. The Hall–Kier alpha value is -1.55. The van der Waals surface area contributed by atoms with Crippen LogP contribution in [0, 0.1) is 11.3 Å². The van der Waals surface area contributed by atoms with Crippen molar-refractivity contribution >= 4 is 0 Å². The zero-order valence-electron chi connectivity index (χ0n) is 12.5. The van der Waals surface area contributed by atoms with Gasteiger partial charge in [0.25, 0.3) is 0 Å². The average molecular weight is 299 g/mol. The molecule has 0 amide bonds. The fourth-order valence-electron chi connectivity index (χ4n) is 6.73. The van der Waals surface area contributed by atoms with Crippen LogP contribution in [0.4, 0.5) is 4.39 Å². The number of hydrogen-bond acceptors (Lipinski definition) is 3. The van der Waals surface area contributed by atoms with Gasteiger partial charge in [-0.3, -0.25) is 0 Å². The van der Waals surface area contributed by atoms with Gasteiger partial charge in [0, 0.05) is 23.6 Å². The molecule has 3 nitrogen and oxygen atoms in total. The molecular formula is C18H18FNO2. The molecule has 4 heteroatoms. The van der Waals surface area contributed by atoms with Gasteiger partial charge in [-0.1, -0.05) is 6.07 Å². The predicted octanol–water partition coefficient (Wildman–Crippen LogP) is 2.52. The Balaban J connectivity index is 1.71. The predicted molar refractivity (Wildman–Crippen MR) is 78.7 cm³/mol. The summed E-state index contributed by atoms with van der Waals surface area (Å²) in [6, 6.07) is 4.20. The number of allylic oxidation sites excluding steroid dienone is 1. The maximum atomic E-state index is 14.8. The lowest BCUT2D eigenvalue weighted by Gasteiger charge is -2.61. The first kappa shape index (κ1) is 11.9. The van der Waals surface area contributed by atoms with E-state index in [0.717, 1.165) is 31.4 Å². The van der Waals surface area contributed by atoms with Crippen LogP contribution in [0.1, 0.15) is 24.0 Å². The molecule has 1 aromatic rings. The molecule has 2 aliphatic heterocycles. The second-order valence-electron chi connectivity index (χ2n) is 7.98. The summed E-state index contributed by atoms with van der Waals surface area (Å²) in [5.41, 5.74) is 2.33. The standard InChI is InChI=1S/C18H18FNO2/c1-20-8-17-5-4-10(19)16-18(7-17)13-9(6-11(20)15(17)18)2-3-12(21)14(13)22-16/h2-4,11,15-16,21H,5-8H2,1H3. The zero-order chi connectivity index (χ0) is 14.9. The normalized spacial score (nSPS) is 46.5. The van der Waals surface area contributed by atoms with Crippen LogP contribution in [-0.4, -0.2) is 35.7 Å². The van der Waals surface area contributed by atoms with Gasteiger partial charge in [-0.2, -0.15) is 0 Å². The highest BCUT2D eigenvalue weighted by atomic mass is 19.1. The van der Waals surface area contributed by atoms with Crippen LogP contribution < -0.4 is 4.74 Å². The lowest BCUT2D eigenvalue weighted by Crippen LogP contribution is -2.65. The van der Waals surface area contributed by atoms with Crippen molar-refractivity contribution in [1.29, 1.82) is 0 Å². The number of ether oxygens (including phenoxy) is 1. The van der Waals surface area contributed by atoms with Gasteiger partial charge < -0.3 is 14.7 Å². The van der Waals surface area contributed by atoms with Crippen molar-refractivity contribution in [3.05, 3.63) is 35.2 Å². The van der Waals surface area contributed by atoms with Crippen molar-refractivity contribution in [2.45, 2.75) is 36.8 Å². The van der Waals surface area contributed by atoms with Gasteiger partial charge in [0.2, 0.25) is 0 Å². The molecule has 6 rings (SSSR count). The van der Waals surface area contributed by atoms with E-state index in [9.17, 15) is 9.50 Å². The number of rotatable bonds is 0. The Kier molecular flexibility index (Phi) is 1.74. The number of nitrogens with zero attached hydrogens (tertiary/aromatic N) is 1. The van der Waals surface area contributed by atoms with Crippen LogP contribution in [0.15, 0.2) is 24.0 Å². The summed E-state index contributed by atoms with van der Waals surface area (Å²) >= 11 is 0. The molecule has 22 heavy (non-hydrogen) atoms. The summed E-state index contributed by atoms with van der Waals surface area (Å²) in [4.78, 5) is 2.47. The van der Waals surface area contributed by atoms with Gasteiger partial charge in [-0.05, 0) is 55.3 Å². The van der Waals surface area contributed by atoms with Crippen LogP contribution in [0.2, 0.25) is 0 Å². The highest BCUT2D eigenvalue weighted by molar-refractivity contribution is 5.64. The maximum absolute atomic E-state index is 14.8. The number of benzene rings is 1. The fraction of sp³-hybridized carbons (Fsp3) is 0.556. The Morgan fingerprint density at radius 2 is 2.27 bits per heavy atom. The van der Waals surface area contributed by atoms with E-state index in [1.54, 1.807) is 12.1 Å². The van der Waals surface area contributed by atoms with Crippen molar-refractivity contribution in [2.24, 2.45) is 11.3 Å². The minimum absolute atomic E-state index is 0.129. The van der Waals surface area contributed by atoms with Crippen LogP contribution >= 0.6 is 0 Å². The molecule has 1 aromatic carbocycles. The zero-order valence-corrected chi connectivity index (χ0v) is 12.5. The Morgan fingerprint density at radius 1 is 1.41 bits per heavy atom. The fourth-order valence-corrected chi connectivity index (χ4v) is 6.73. The van der Waals surface area contributed by atoms with E-state index in [-0.39, 0.29) is 22.4 Å². The molecule has 0 aromatic heterocycles. The minimum atomic E-state index is -0.524. The second-order valence-corrected chi connectivity index (χ2v) is 7.98. The van der Waals surface area contributed by atoms with E-state index in [0.29, 0.717) is 17.7 Å².